The number of benzene rings is 1. The zero-order chi connectivity index (χ0) is 21.4. The molecule has 156 valence electrons. The molecule has 0 saturated carbocycles. The van der Waals surface area contributed by atoms with E-state index in [-0.39, 0.29) is 24.7 Å². The van der Waals surface area contributed by atoms with Crippen molar-refractivity contribution in [2.24, 2.45) is 11.5 Å². The number of rotatable bonds is 10. The van der Waals surface area contributed by atoms with Gasteiger partial charge in [0.05, 0.1) is 5.92 Å². The first-order valence-corrected chi connectivity index (χ1v) is 9.60. The number of amides is 5. The molecule has 9 heteroatoms. The fraction of sp³-hybridized carbons (Fsp3) is 0.450. The van der Waals surface area contributed by atoms with E-state index in [1.54, 1.807) is 24.3 Å². The van der Waals surface area contributed by atoms with Crippen LogP contribution in [0.4, 0.5) is 0 Å². The Bertz CT molecular complexity index is 808. The molecule has 1 aliphatic heterocycles. The molecule has 1 aromatic carbocycles. The number of carbonyl (C=O) groups is 5. The van der Waals surface area contributed by atoms with E-state index in [1.807, 2.05) is 0 Å². The maximum Gasteiger partial charge on any atom is 0.251 e. The average Bonchev–Trinajstić information content (AvgIpc) is 2.66. The lowest BCUT2D eigenvalue weighted by Gasteiger charge is -2.22. The van der Waals surface area contributed by atoms with Crippen LogP contribution in [0, 0.1) is 0 Å². The summed E-state index contributed by atoms with van der Waals surface area (Å²) < 4.78 is 0. The van der Waals surface area contributed by atoms with Gasteiger partial charge < -0.3 is 16.8 Å². The van der Waals surface area contributed by atoms with Gasteiger partial charge in [-0.2, -0.15) is 0 Å². The number of unbranched alkanes of at least 4 members (excludes halogenated alkanes) is 2. The highest BCUT2D eigenvalue weighted by Crippen LogP contribution is 2.23. The maximum absolute atomic E-state index is 12.5. The molecule has 0 radical (unpaired) electrons. The first-order chi connectivity index (χ1) is 13.8. The fourth-order valence-electron chi connectivity index (χ4n) is 3.27. The van der Waals surface area contributed by atoms with Gasteiger partial charge in [-0.25, -0.2) is 0 Å². The lowest BCUT2D eigenvalue weighted by Crippen LogP contribution is -2.52. The second-order valence-electron chi connectivity index (χ2n) is 7.12. The SMILES string of the molecule is NC(=O)CCCCCC(C(N)=O)c1cccc(C(=O)NC2CCC(=O)NC2=O)c1. The molecular formula is C20H26N4O5. The van der Waals surface area contributed by atoms with Crippen molar-refractivity contribution in [1.29, 1.82) is 0 Å². The van der Waals surface area contributed by atoms with Crippen molar-refractivity contribution in [3.05, 3.63) is 35.4 Å². The zero-order valence-electron chi connectivity index (χ0n) is 16.1. The topological polar surface area (TPSA) is 161 Å². The third kappa shape index (κ3) is 6.70. The molecule has 1 heterocycles. The number of imide groups is 1. The molecule has 0 aromatic heterocycles. The van der Waals surface area contributed by atoms with Crippen molar-refractivity contribution in [1.82, 2.24) is 10.6 Å². The van der Waals surface area contributed by atoms with Crippen LogP contribution in [0.3, 0.4) is 0 Å². The van der Waals surface area contributed by atoms with E-state index in [1.165, 1.54) is 0 Å². The van der Waals surface area contributed by atoms with Gasteiger partial charge in [-0.1, -0.05) is 25.0 Å². The summed E-state index contributed by atoms with van der Waals surface area (Å²) in [6, 6.07) is 5.76. The highest BCUT2D eigenvalue weighted by Gasteiger charge is 2.28. The van der Waals surface area contributed by atoms with E-state index in [4.69, 9.17) is 11.5 Å². The molecule has 6 N–H and O–H groups in total. The van der Waals surface area contributed by atoms with Gasteiger partial charge in [0.2, 0.25) is 23.6 Å². The van der Waals surface area contributed by atoms with Gasteiger partial charge in [-0.3, -0.25) is 29.3 Å². The molecule has 0 bridgehead atoms. The van der Waals surface area contributed by atoms with E-state index >= 15 is 0 Å². The van der Waals surface area contributed by atoms with Crippen molar-refractivity contribution in [3.63, 3.8) is 0 Å². The average molecular weight is 402 g/mol. The maximum atomic E-state index is 12.5. The van der Waals surface area contributed by atoms with E-state index < -0.39 is 29.7 Å². The summed E-state index contributed by atoms with van der Waals surface area (Å²) in [6.45, 7) is 0. The number of piperidine rings is 1. The van der Waals surface area contributed by atoms with Gasteiger partial charge in [0.1, 0.15) is 6.04 Å². The van der Waals surface area contributed by atoms with Crippen molar-refractivity contribution in [2.75, 3.05) is 0 Å². The van der Waals surface area contributed by atoms with Crippen LogP contribution in [-0.4, -0.2) is 35.6 Å². The minimum atomic E-state index is -0.777. The van der Waals surface area contributed by atoms with Gasteiger partial charge in [-0.05, 0) is 37.0 Å². The van der Waals surface area contributed by atoms with Crippen molar-refractivity contribution < 1.29 is 24.0 Å². The van der Waals surface area contributed by atoms with Crippen LogP contribution in [-0.2, 0) is 19.2 Å². The van der Waals surface area contributed by atoms with Crippen LogP contribution < -0.4 is 22.1 Å². The van der Waals surface area contributed by atoms with Crippen molar-refractivity contribution in [2.45, 2.75) is 56.9 Å². The second-order valence-corrected chi connectivity index (χ2v) is 7.12. The van der Waals surface area contributed by atoms with Gasteiger partial charge in [0.25, 0.3) is 5.91 Å². The summed E-state index contributed by atoms with van der Waals surface area (Å²) in [5.41, 5.74) is 11.6. The Hall–Kier alpha value is -3.23. The lowest BCUT2D eigenvalue weighted by molar-refractivity contribution is -0.134. The molecule has 0 spiro atoms. The molecule has 0 aliphatic carbocycles. The Balaban J connectivity index is 2.00. The van der Waals surface area contributed by atoms with Crippen LogP contribution in [0.1, 0.15) is 66.8 Å². The summed E-state index contributed by atoms with van der Waals surface area (Å²) in [6.07, 6.45) is 3.27. The molecule has 29 heavy (non-hydrogen) atoms. The third-order valence-electron chi connectivity index (χ3n) is 4.86. The predicted molar refractivity (Wildman–Crippen MR) is 104 cm³/mol. The summed E-state index contributed by atoms with van der Waals surface area (Å²) in [5.74, 6) is -2.77. The second kappa shape index (κ2) is 10.4. The summed E-state index contributed by atoms with van der Waals surface area (Å²) in [4.78, 5) is 58.2. The molecule has 1 aliphatic rings. The monoisotopic (exact) mass is 402 g/mol. The van der Waals surface area contributed by atoms with Gasteiger partial charge in [0, 0.05) is 18.4 Å². The number of carbonyl (C=O) groups excluding carboxylic acids is 5. The number of primary amides is 2. The highest BCUT2D eigenvalue weighted by atomic mass is 16.2. The normalized spacial score (nSPS) is 17.3. The number of hydrogen-bond acceptors (Lipinski definition) is 5. The molecule has 1 saturated heterocycles. The Morgan fingerprint density at radius 3 is 2.55 bits per heavy atom. The van der Waals surface area contributed by atoms with E-state index in [9.17, 15) is 24.0 Å². The predicted octanol–water partition coefficient (Wildman–Crippen LogP) is 0.226. The van der Waals surface area contributed by atoms with Gasteiger partial charge in [-0.15, -0.1) is 0 Å². The Morgan fingerprint density at radius 2 is 1.90 bits per heavy atom. The molecule has 2 atom stereocenters. The first-order valence-electron chi connectivity index (χ1n) is 9.60. The van der Waals surface area contributed by atoms with Crippen molar-refractivity contribution >= 4 is 29.5 Å². The molecule has 2 rings (SSSR count). The van der Waals surface area contributed by atoms with E-state index in [0.717, 1.165) is 6.42 Å². The summed E-state index contributed by atoms with van der Waals surface area (Å²) in [5, 5.41) is 4.80. The quantitative estimate of drug-likeness (QED) is 0.325. The largest absolute Gasteiger partial charge is 0.370 e. The van der Waals surface area contributed by atoms with E-state index in [0.29, 0.717) is 36.8 Å². The molecule has 1 aromatic rings. The zero-order valence-corrected chi connectivity index (χ0v) is 16.1. The summed E-state index contributed by atoms with van der Waals surface area (Å²) in [7, 11) is 0. The van der Waals surface area contributed by atoms with Crippen LogP contribution in [0.5, 0.6) is 0 Å². The van der Waals surface area contributed by atoms with Crippen LogP contribution in [0.2, 0.25) is 0 Å². The molecule has 5 amide bonds. The Morgan fingerprint density at radius 1 is 1.14 bits per heavy atom. The molecular weight excluding hydrogens is 376 g/mol. The number of nitrogens with one attached hydrogen (secondary N) is 2. The third-order valence-corrected chi connectivity index (χ3v) is 4.86. The molecule has 2 unspecified atom stereocenters. The molecule has 9 nitrogen and oxygen atoms in total. The minimum absolute atomic E-state index is 0.163. The standard InChI is InChI=1S/C20H26N4O5/c21-16(25)8-3-1-2-7-14(18(22)27)12-5-4-6-13(11-12)19(28)23-15-9-10-17(26)24-20(15)29/h4-6,11,14-15H,1-3,7-10H2,(H2,21,25)(H2,22,27)(H,23,28)(H,24,26,29). The fourth-order valence-corrected chi connectivity index (χ4v) is 3.27. The summed E-state index contributed by atoms with van der Waals surface area (Å²) >= 11 is 0. The molecule has 1 fully saturated rings. The number of nitrogens with two attached hydrogens (primary N) is 2. The van der Waals surface area contributed by atoms with Crippen LogP contribution in [0.25, 0.3) is 0 Å². The lowest BCUT2D eigenvalue weighted by atomic mass is 9.91. The minimum Gasteiger partial charge on any atom is -0.370 e. The highest BCUT2D eigenvalue weighted by molar-refractivity contribution is 6.03. The number of hydrogen-bond donors (Lipinski definition) is 4. The van der Waals surface area contributed by atoms with Crippen LogP contribution in [0.15, 0.2) is 24.3 Å². The van der Waals surface area contributed by atoms with Gasteiger partial charge in [0.15, 0.2) is 0 Å². The Labute approximate surface area is 168 Å². The van der Waals surface area contributed by atoms with E-state index in [2.05, 4.69) is 10.6 Å². The Kier molecular flexibility index (Phi) is 7.88. The van der Waals surface area contributed by atoms with Crippen molar-refractivity contribution in [3.8, 4) is 0 Å². The smallest absolute Gasteiger partial charge is 0.251 e. The van der Waals surface area contributed by atoms with Gasteiger partial charge >= 0.3 is 0 Å². The van der Waals surface area contributed by atoms with Crippen LogP contribution >= 0.6 is 0 Å². The first kappa shape index (κ1) is 22.1.